The lowest BCUT2D eigenvalue weighted by Gasteiger charge is -2.09. The second kappa shape index (κ2) is 5.27. The number of pyridine rings is 2. The third-order valence-electron chi connectivity index (χ3n) is 2.83. The van der Waals surface area contributed by atoms with Crippen LogP contribution in [0.1, 0.15) is 5.69 Å². The molecule has 0 saturated heterocycles. The van der Waals surface area contributed by atoms with E-state index in [4.69, 9.17) is 5.26 Å². The summed E-state index contributed by atoms with van der Waals surface area (Å²) in [5.41, 5.74) is 2.97. The van der Waals surface area contributed by atoms with Gasteiger partial charge >= 0.3 is 0 Å². The Hall–Kier alpha value is -2.45. The number of halogens is 1. The first kappa shape index (κ1) is 12.6. The molecule has 3 rings (SSSR count). The molecule has 0 saturated carbocycles. The molecule has 3 aromatic rings. The molecule has 96 valence electrons. The fraction of sp³-hybridized carbons (Fsp3) is 0. The van der Waals surface area contributed by atoms with Crippen LogP contribution >= 0.6 is 15.9 Å². The minimum atomic E-state index is 0.381. The predicted octanol–water partition coefficient (Wildman–Crippen LogP) is 4.01. The summed E-state index contributed by atoms with van der Waals surface area (Å²) < 4.78 is 0.942. The molecule has 0 amide bonds. The average Bonchev–Trinajstić information content (AvgIpc) is 2.47. The Bertz CT molecular complexity index is 823. The maximum Gasteiger partial charge on any atom is 0.142 e. The van der Waals surface area contributed by atoms with Gasteiger partial charge in [-0.1, -0.05) is 12.1 Å². The van der Waals surface area contributed by atoms with Gasteiger partial charge in [0.15, 0.2) is 0 Å². The number of rotatable bonds is 2. The second-order valence-electron chi connectivity index (χ2n) is 4.20. The monoisotopic (exact) mass is 324 g/mol. The van der Waals surface area contributed by atoms with Gasteiger partial charge < -0.3 is 5.32 Å². The van der Waals surface area contributed by atoms with Crippen LogP contribution in [-0.2, 0) is 0 Å². The molecule has 0 atom stereocenters. The van der Waals surface area contributed by atoms with Crippen molar-refractivity contribution in [3.63, 3.8) is 0 Å². The van der Waals surface area contributed by atoms with E-state index >= 15 is 0 Å². The zero-order valence-corrected chi connectivity index (χ0v) is 11.9. The van der Waals surface area contributed by atoms with Gasteiger partial charge in [0.2, 0.25) is 0 Å². The number of nitrogens with zero attached hydrogens (tertiary/aromatic N) is 3. The summed E-state index contributed by atoms with van der Waals surface area (Å²) in [7, 11) is 0. The maximum atomic E-state index is 8.87. The summed E-state index contributed by atoms with van der Waals surface area (Å²) in [6.45, 7) is 0. The summed E-state index contributed by atoms with van der Waals surface area (Å²) in [6.07, 6.45) is 3.37. The first-order valence-corrected chi connectivity index (χ1v) is 6.73. The minimum absolute atomic E-state index is 0.381. The molecular formula is C15H9BrN4. The van der Waals surface area contributed by atoms with Crippen molar-refractivity contribution in [2.24, 2.45) is 0 Å². The van der Waals surface area contributed by atoms with E-state index in [2.05, 4.69) is 31.2 Å². The molecule has 1 aromatic carbocycles. The van der Waals surface area contributed by atoms with Crippen LogP contribution in [0.2, 0.25) is 0 Å². The quantitative estimate of drug-likeness (QED) is 0.773. The molecule has 0 radical (unpaired) electrons. The number of hydrogen-bond acceptors (Lipinski definition) is 4. The molecule has 0 fully saturated rings. The zero-order chi connectivity index (χ0) is 13.9. The highest BCUT2D eigenvalue weighted by Crippen LogP contribution is 2.26. The molecule has 0 aliphatic heterocycles. The van der Waals surface area contributed by atoms with E-state index in [-0.39, 0.29) is 0 Å². The Morgan fingerprint density at radius 2 is 2.05 bits per heavy atom. The van der Waals surface area contributed by atoms with Crippen LogP contribution in [-0.4, -0.2) is 9.97 Å². The molecule has 1 N–H and O–H groups in total. The normalized spacial score (nSPS) is 10.2. The Morgan fingerprint density at radius 1 is 1.15 bits per heavy atom. The lowest BCUT2D eigenvalue weighted by atomic mass is 10.2. The van der Waals surface area contributed by atoms with E-state index < -0.39 is 0 Å². The van der Waals surface area contributed by atoms with E-state index in [1.54, 1.807) is 18.5 Å². The van der Waals surface area contributed by atoms with Gasteiger partial charge in [0.25, 0.3) is 0 Å². The number of hydrogen-bond donors (Lipinski definition) is 1. The van der Waals surface area contributed by atoms with E-state index in [1.165, 1.54) is 0 Å². The van der Waals surface area contributed by atoms with Crippen LogP contribution in [0.3, 0.4) is 0 Å². The fourth-order valence-corrected chi connectivity index (χ4v) is 2.31. The molecule has 0 aliphatic carbocycles. The number of nitrogens with one attached hydrogen (secondary N) is 1. The second-order valence-corrected chi connectivity index (χ2v) is 5.11. The molecule has 20 heavy (non-hydrogen) atoms. The van der Waals surface area contributed by atoms with Crippen molar-refractivity contribution in [2.45, 2.75) is 0 Å². The molecular weight excluding hydrogens is 316 g/mol. The van der Waals surface area contributed by atoms with Crippen molar-refractivity contribution < 1.29 is 0 Å². The van der Waals surface area contributed by atoms with Crippen molar-refractivity contribution in [3.05, 3.63) is 59.0 Å². The van der Waals surface area contributed by atoms with Crippen molar-refractivity contribution >= 4 is 38.2 Å². The van der Waals surface area contributed by atoms with Gasteiger partial charge in [0.1, 0.15) is 11.8 Å². The van der Waals surface area contributed by atoms with Gasteiger partial charge in [-0.2, -0.15) is 5.26 Å². The standard InChI is InChI=1S/C15H9BrN4/c16-11-6-10-2-1-3-14(15(10)19-9-11)20-12-4-5-18-13(7-12)8-17/h1-7,9H,(H,18,20). The SMILES string of the molecule is N#Cc1cc(Nc2cccc3cc(Br)cnc23)ccn1. The molecule has 2 heterocycles. The number of para-hydroxylation sites is 1. The van der Waals surface area contributed by atoms with Crippen LogP contribution in [0.25, 0.3) is 10.9 Å². The molecule has 5 heteroatoms. The topological polar surface area (TPSA) is 61.6 Å². The van der Waals surface area contributed by atoms with Crippen LogP contribution < -0.4 is 5.32 Å². The van der Waals surface area contributed by atoms with Gasteiger partial charge in [-0.3, -0.25) is 4.98 Å². The lowest BCUT2D eigenvalue weighted by molar-refractivity contribution is 1.26. The van der Waals surface area contributed by atoms with E-state index in [0.29, 0.717) is 5.69 Å². The van der Waals surface area contributed by atoms with Crippen molar-refractivity contribution in [1.82, 2.24) is 9.97 Å². The molecule has 0 bridgehead atoms. The van der Waals surface area contributed by atoms with Crippen LogP contribution in [0.5, 0.6) is 0 Å². The summed E-state index contributed by atoms with van der Waals surface area (Å²) in [4.78, 5) is 8.38. The maximum absolute atomic E-state index is 8.87. The smallest absolute Gasteiger partial charge is 0.142 e. The summed E-state index contributed by atoms with van der Waals surface area (Å²) in [5.74, 6) is 0. The zero-order valence-electron chi connectivity index (χ0n) is 10.3. The van der Waals surface area contributed by atoms with Gasteiger partial charge in [-0.25, -0.2) is 4.98 Å². The van der Waals surface area contributed by atoms with Crippen molar-refractivity contribution in [1.29, 1.82) is 5.26 Å². The number of nitriles is 1. The number of aromatic nitrogens is 2. The van der Waals surface area contributed by atoms with Crippen LogP contribution in [0, 0.1) is 11.3 Å². The van der Waals surface area contributed by atoms with Crippen molar-refractivity contribution in [2.75, 3.05) is 5.32 Å². The van der Waals surface area contributed by atoms with Crippen LogP contribution in [0.4, 0.5) is 11.4 Å². The Kier molecular flexibility index (Phi) is 3.32. The van der Waals surface area contributed by atoms with E-state index in [9.17, 15) is 0 Å². The van der Waals surface area contributed by atoms with Gasteiger partial charge in [-0.05, 0) is 40.2 Å². The van der Waals surface area contributed by atoms with E-state index in [0.717, 1.165) is 26.8 Å². The summed E-state index contributed by atoms with van der Waals surface area (Å²) in [6, 6.07) is 13.5. The Balaban J connectivity index is 2.04. The first-order valence-electron chi connectivity index (χ1n) is 5.94. The van der Waals surface area contributed by atoms with Gasteiger partial charge in [-0.15, -0.1) is 0 Å². The molecule has 2 aromatic heterocycles. The molecule has 4 nitrogen and oxygen atoms in total. The number of anilines is 2. The third-order valence-corrected chi connectivity index (χ3v) is 3.26. The van der Waals surface area contributed by atoms with Gasteiger partial charge in [0.05, 0.1) is 11.2 Å². The van der Waals surface area contributed by atoms with E-state index in [1.807, 2.05) is 36.4 Å². The van der Waals surface area contributed by atoms with Crippen LogP contribution in [0.15, 0.2) is 53.3 Å². The predicted molar refractivity (Wildman–Crippen MR) is 81.7 cm³/mol. The molecule has 0 aliphatic rings. The number of fused-ring (bicyclic) bond motifs is 1. The summed E-state index contributed by atoms with van der Waals surface area (Å²) in [5, 5.41) is 13.2. The fourth-order valence-electron chi connectivity index (χ4n) is 1.96. The largest absolute Gasteiger partial charge is 0.354 e. The highest BCUT2D eigenvalue weighted by molar-refractivity contribution is 9.10. The Labute approximate surface area is 124 Å². The minimum Gasteiger partial charge on any atom is -0.354 e. The first-order chi connectivity index (χ1) is 9.76. The molecule has 0 unspecified atom stereocenters. The lowest BCUT2D eigenvalue weighted by Crippen LogP contribution is -1.94. The Morgan fingerprint density at radius 3 is 2.90 bits per heavy atom. The third kappa shape index (κ3) is 2.46. The van der Waals surface area contributed by atoms with Crippen molar-refractivity contribution in [3.8, 4) is 6.07 Å². The summed E-state index contributed by atoms with van der Waals surface area (Å²) >= 11 is 3.42. The average molecular weight is 325 g/mol. The van der Waals surface area contributed by atoms with Gasteiger partial charge in [0, 0.05) is 27.9 Å². The number of benzene rings is 1. The highest BCUT2D eigenvalue weighted by atomic mass is 79.9. The molecule has 0 spiro atoms. The highest BCUT2D eigenvalue weighted by Gasteiger charge is 2.04.